The fourth-order valence-corrected chi connectivity index (χ4v) is 3.31. The Labute approximate surface area is 137 Å². The summed E-state index contributed by atoms with van der Waals surface area (Å²) < 4.78 is 33.0. The summed E-state index contributed by atoms with van der Waals surface area (Å²) in [5.74, 6) is -2.75. The zero-order chi connectivity index (χ0) is 16.9. The molecule has 1 saturated carbocycles. The maximum absolute atomic E-state index is 13.2. The predicted molar refractivity (Wildman–Crippen MR) is 81.7 cm³/mol. The largest absolute Gasteiger partial charge is 0.364 e. The van der Waals surface area contributed by atoms with Gasteiger partial charge >= 0.3 is 0 Å². The smallest absolute Gasteiger partial charge is 0.258 e. The molecule has 1 aliphatic heterocycles. The molecule has 8 heteroatoms. The first-order valence-corrected chi connectivity index (χ1v) is 7.80. The van der Waals surface area contributed by atoms with E-state index >= 15 is 0 Å². The molecule has 3 unspecified atom stereocenters. The van der Waals surface area contributed by atoms with Crippen LogP contribution in [0.15, 0.2) is 30.7 Å². The van der Waals surface area contributed by atoms with Gasteiger partial charge in [0.1, 0.15) is 5.82 Å². The van der Waals surface area contributed by atoms with Crippen molar-refractivity contribution in [1.29, 1.82) is 0 Å². The number of alkyl halides is 2. The van der Waals surface area contributed by atoms with Crippen LogP contribution in [0.2, 0.25) is 0 Å². The first-order valence-electron chi connectivity index (χ1n) is 7.80. The molecule has 1 aliphatic carbocycles. The highest BCUT2D eigenvalue weighted by Gasteiger charge is 2.71. The second kappa shape index (κ2) is 5.49. The Morgan fingerprint density at radius 3 is 2.71 bits per heavy atom. The average molecular weight is 336 g/mol. The Hall–Kier alpha value is -2.06. The van der Waals surface area contributed by atoms with Crippen LogP contribution in [0.4, 0.5) is 14.6 Å². The summed E-state index contributed by atoms with van der Waals surface area (Å²) in [7, 11) is 1.42. The van der Waals surface area contributed by atoms with Crippen LogP contribution in [0.1, 0.15) is 17.4 Å². The number of aliphatic hydroxyl groups is 1. The second-order valence-corrected chi connectivity index (χ2v) is 6.38. The van der Waals surface area contributed by atoms with Crippen LogP contribution in [0.25, 0.3) is 0 Å². The third-order valence-electron chi connectivity index (χ3n) is 4.84. The highest BCUT2D eigenvalue weighted by molar-refractivity contribution is 5.44. The molecule has 0 bridgehead atoms. The number of hydrogen-bond acceptors (Lipinski definition) is 5. The number of fused-ring (bicyclic) bond motifs is 1. The minimum Gasteiger partial charge on any atom is -0.364 e. The van der Waals surface area contributed by atoms with E-state index in [0.717, 1.165) is 11.4 Å². The van der Waals surface area contributed by atoms with Crippen molar-refractivity contribution in [3.05, 3.63) is 41.9 Å². The Morgan fingerprint density at radius 2 is 2.08 bits per heavy atom. The van der Waals surface area contributed by atoms with Crippen molar-refractivity contribution in [3.8, 4) is 0 Å². The average Bonchev–Trinajstić information content (AvgIpc) is 3.05. The molecule has 1 N–H and O–H groups in total. The van der Waals surface area contributed by atoms with Crippen LogP contribution < -0.4 is 4.90 Å². The molecule has 128 valence electrons. The van der Waals surface area contributed by atoms with E-state index in [0.29, 0.717) is 25.2 Å². The Bertz CT molecular complexity index is 720. The molecule has 6 nitrogen and oxygen atoms in total. The number of pyridine rings is 1. The van der Waals surface area contributed by atoms with Gasteiger partial charge in [0.05, 0.1) is 24.6 Å². The van der Waals surface area contributed by atoms with Crippen molar-refractivity contribution in [2.45, 2.75) is 18.8 Å². The molecular weight excluding hydrogens is 318 g/mol. The van der Waals surface area contributed by atoms with E-state index in [2.05, 4.69) is 10.1 Å². The van der Waals surface area contributed by atoms with Crippen LogP contribution in [-0.4, -0.2) is 46.0 Å². The SMILES string of the molecule is COC(O)c1cnn(Cc2ccc(N3CC4C(C3)C4(F)F)nc2)c1. The number of halogens is 2. The van der Waals surface area contributed by atoms with Crippen molar-refractivity contribution < 1.29 is 18.6 Å². The molecular formula is C16H18F2N4O2. The summed E-state index contributed by atoms with van der Waals surface area (Å²) in [5, 5.41) is 13.7. The minimum atomic E-state index is -2.47. The normalized spacial score (nSPS) is 25.6. The van der Waals surface area contributed by atoms with Gasteiger partial charge in [0.15, 0.2) is 6.29 Å². The van der Waals surface area contributed by atoms with Crippen molar-refractivity contribution >= 4 is 5.82 Å². The van der Waals surface area contributed by atoms with Crippen LogP contribution in [-0.2, 0) is 11.3 Å². The first kappa shape index (κ1) is 15.5. The first-order chi connectivity index (χ1) is 11.5. The number of aliphatic hydroxyl groups excluding tert-OH is 1. The van der Waals surface area contributed by atoms with E-state index in [9.17, 15) is 13.9 Å². The lowest BCUT2D eigenvalue weighted by Crippen LogP contribution is -2.28. The fraction of sp³-hybridized carbons (Fsp3) is 0.500. The number of hydrogen-bond donors (Lipinski definition) is 1. The number of ether oxygens (including phenoxy) is 1. The van der Waals surface area contributed by atoms with Crippen LogP contribution >= 0.6 is 0 Å². The highest BCUT2D eigenvalue weighted by Crippen LogP contribution is 2.59. The summed E-state index contributed by atoms with van der Waals surface area (Å²) in [6.07, 6.45) is 4.00. The van der Waals surface area contributed by atoms with Gasteiger partial charge in [-0.05, 0) is 11.6 Å². The van der Waals surface area contributed by atoms with Crippen LogP contribution in [0.3, 0.4) is 0 Å². The molecule has 2 aliphatic rings. The van der Waals surface area contributed by atoms with Crippen LogP contribution in [0, 0.1) is 11.8 Å². The van der Waals surface area contributed by atoms with Gasteiger partial charge in [-0.15, -0.1) is 0 Å². The number of nitrogens with zero attached hydrogens (tertiary/aromatic N) is 4. The van der Waals surface area contributed by atoms with Gasteiger partial charge in [-0.25, -0.2) is 13.8 Å². The summed E-state index contributed by atoms with van der Waals surface area (Å²) in [6, 6.07) is 3.77. The third-order valence-corrected chi connectivity index (χ3v) is 4.84. The Morgan fingerprint density at radius 1 is 1.33 bits per heavy atom. The topological polar surface area (TPSA) is 63.4 Å². The minimum absolute atomic E-state index is 0.376. The second-order valence-electron chi connectivity index (χ2n) is 6.38. The molecule has 3 heterocycles. The zero-order valence-electron chi connectivity index (χ0n) is 13.1. The summed E-state index contributed by atoms with van der Waals surface area (Å²) in [5.41, 5.74) is 1.52. The molecule has 2 fully saturated rings. The molecule has 0 aromatic carbocycles. The number of rotatable bonds is 5. The molecule has 0 amide bonds. The van der Waals surface area contributed by atoms with E-state index in [1.54, 1.807) is 23.3 Å². The maximum atomic E-state index is 13.2. The zero-order valence-corrected chi connectivity index (χ0v) is 13.1. The van der Waals surface area contributed by atoms with E-state index in [-0.39, 0.29) is 0 Å². The van der Waals surface area contributed by atoms with Gasteiger partial charge in [0.2, 0.25) is 0 Å². The van der Waals surface area contributed by atoms with E-state index in [4.69, 9.17) is 4.74 Å². The van der Waals surface area contributed by atoms with E-state index in [1.165, 1.54) is 7.11 Å². The molecule has 0 radical (unpaired) electrons. The molecule has 3 atom stereocenters. The van der Waals surface area contributed by atoms with Gasteiger partial charge in [-0.1, -0.05) is 6.07 Å². The summed E-state index contributed by atoms with van der Waals surface area (Å²) in [4.78, 5) is 6.30. The predicted octanol–water partition coefficient (Wildman–Crippen LogP) is 1.66. The lowest BCUT2D eigenvalue weighted by atomic mass is 10.2. The third kappa shape index (κ3) is 2.55. The van der Waals surface area contributed by atoms with Crippen molar-refractivity contribution in [3.63, 3.8) is 0 Å². The monoisotopic (exact) mass is 336 g/mol. The Balaban J connectivity index is 1.39. The number of methoxy groups -OCH3 is 1. The standard InChI is InChI=1S/C16H18F2N4O2/c1-24-15(23)11-5-20-22(7-11)6-10-2-3-14(19-4-10)21-8-12-13(9-21)16(12,17)18/h2-5,7,12-13,15,23H,6,8-9H2,1H3. The number of anilines is 1. The molecule has 2 aromatic rings. The molecule has 24 heavy (non-hydrogen) atoms. The van der Waals surface area contributed by atoms with E-state index < -0.39 is 24.0 Å². The summed E-state index contributed by atoms with van der Waals surface area (Å²) in [6.45, 7) is 1.26. The van der Waals surface area contributed by atoms with E-state index in [1.807, 2.05) is 17.0 Å². The summed E-state index contributed by atoms with van der Waals surface area (Å²) >= 11 is 0. The van der Waals surface area contributed by atoms with Crippen molar-refractivity contribution in [2.24, 2.45) is 11.8 Å². The highest BCUT2D eigenvalue weighted by atomic mass is 19.3. The molecule has 0 spiro atoms. The van der Waals surface area contributed by atoms with Gasteiger partial charge < -0.3 is 14.7 Å². The van der Waals surface area contributed by atoms with Crippen molar-refractivity contribution in [2.75, 3.05) is 25.1 Å². The molecule has 2 aromatic heterocycles. The van der Waals surface area contributed by atoms with Gasteiger partial charge in [-0.2, -0.15) is 5.10 Å². The lowest BCUT2D eigenvalue weighted by molar-refractivity contribution is -0.0769. The number of aromatic nitrogens is 3. The van der Waals surface area contributed by atoms with Crippen molar-refractivity contribution in [1.82, 2.24) is 14.8 Å². The van der Waals surface area contributed by atoms with Gasteiger partial charge in [0, 0.05) is 38.2 Å². The quantitative estimate of drug-likeness (QED) is 0.842. The maximum Gasteiger partial charge on any atom is 0.258 e. The van der Waals surface area contributed by atoms with Gasteiger partial charge in [-0.3, -0.25) is 4.68 Å². The Kier molecular flexibility index (Phi) is 3.54. The fourth-order valence-electron chi connectivity index (χ4n) is 3.31. The lowest BCUT2D eigenvalue weighted by Gasteiger charge is -2.20. The number of piperidine rings is 1. The van der Waals surface area contributed by atoms with Crippen LogP contribution in [0.5, 0.6) is 0 Å². The molecule has 4 rings (SSSR count). The molecule has 1 saturated heterocycles. The van der Waals surface area contributed by atoms with Gasteiger partial charge in [0.25, 0.3) is 5.92 Å².